The molecule has 0 bridgehead atoms. The van der Waals surface area contributed by atoms with Crippen molar-refractivity contribution in [2.75, 3.05) is 0 Å². The lowest BCUT2D eigenvalue weighted by atomic mass is 9.99. The van der Waals surface area contributed by atoms with Crippen molar-refractivity contribution in [3.8, 4) is 0 Å². The normalized spacial score (nSPS) is 22.5. The van der Waals surface area contributed by atoms with Gasteiger partial charge in [0.1, 0.15) is 11.5 Å². The molecule has 1 N–H and O–H groups in total. The number of rotatable bonds is 5. The number of H-pyrrole nitrogens is 1. The van der Waals surface area contributed by atoms with Crippen molar-refractivity contribution in [3.63, 3.8) is 0 Å². The fourth-order valence-corrected chi connectivity index (χ4v) is 3.61. The highest BCUT2D eigenvalue weighted by Crippen LogP contribution is 2.40. The molecule has 1 aliphatic heterocycles. The molecule has 0 aromatic carbocycles. The van der Waals surface area contributed by atoms with Crippen molar-refractivity contribution in [3.05, 3.63) is 34.5 Å². The van der Waals surface area contributed by atoms with Crippen LogP contribution in [0, 0.1) is 0 Å². The van der Waals surface area contributed by atoms with Crippen molar-refractivity contribution in [2.24, 2.45) is 0 Å². The van der Waals surface area contributed by atoms with Gasteiger partial charge in [0.25, 0.3) is 5.91 Å². The zero-order chi connectivity index (χ0) is 18.4. The SMILES string of the molecule is CC(C)N(Cc1cc(C2CC2)on1)C(=O)c1n[nH]c2c1C[C@H](C)O[C@@H]2C. The number of ether oxygens (including phenoxy) is 1. The Hall–Kier alpha value is -2.15. The van der Waals surface area contributed by atoms with Crippen LogP contribution in [0.3, 0.4) is 0 Å². The minimum absolute atomic E-state index is 0.0330. The smallest absolute Gasteiger partial charge is 0.275 e. The second-order valence-electron chi connectivity index (χ2n) is 7.78. The van der Waals surface area contributed by atoms with Gasteiger partial charge in [-0.25, -0.2) is 0 Å². The van der Waals surface area contributed by atoms with E-state index in [0.717, 1.165) is 22.7 Å². The highest BCUT2D eigenvalue weighted by atomic mass is 16.5. The van der Waals surface area contributed by atoms with E-state index in [0.29, 0.717) is 24.6 Å². The lowest BCUT2D eigenvalue weighted by Gasteiger charge is -2.28. The van der Waals surface area contributed by atoms with Crippen molar-refractivity contribution in [1.82, 2.24) is 20.3 Å². The Morgan fingerprint density at radius 2 is 2.15 bits per heavy atom. The van der Waals surface area contributed by atoms with Crippen LogP contribution in [0.2, 0.25) is 0 Å². The summed E-state index contributed by atoms with van der Waals surface area (Å²) in [7, 11) is 0. The zero-order valence-corrected chi connectivity index (χ0v) is 15.8. The zero-order valence-electron chi connectivity index (χ0n) is 15.8. The van der Waals surface area contributed by atoms with Gasteiger partial charge >= 0.3 is 0 Å². The van der Waals surface area contributed by atoms with Gasteiger partial charge in [-0.3, -0.25) is 9.89 Å². The molecule has 2 aliphatic rings. The van der Waals surface area contributed by atoms with Gasteiger partial charge in [-0.1, -0.05) is 5.16 Å². The summed E-state index contributed by atoms with van der Waals surface area (Å²) in [5.41, 5.74) is 3.18. The lowest BCUT2D eigenvalue weighted by molar-refractivity contribution is -0.00703. The predicted octanol–water partition coefficient (Wildman–Crippen LogP) is 3.35. The molecule has 1 fully saturated rings. The minimum atomic E-state index is -0.0769. The van der Waals surface area contributed by atoms with E-state index in [4.69, 9.17) is 9.26 Å². The van der Waals surface area contributed by atoms with Crippen LogP contribution in [0.25, 0.3) is 0 Å². The molecule has 1 amide bonds. The Morgan fingerprint density at radius 1 is 1.38 bits per heavy atom. The molecule has 7 nitrogen and oxygen atoms in total. The number of aromatic nitrogens is 3. The number of nitrogens with one attached hydrogen (secondary N) is 1. The highest BCUT2D eigenvalue weighted by Gasteiger charge is 2.33. The first-order valence-corrected chi connectivity index (χ1v) is 9.43. The number of carbonyl (C=O) groups excluding carboxylic acids is 1. The molecule has 0 saturated heterocycles. The molecule has 0 unspecified atom stereocenters. The van der Waals surface area contributed by atoms with E-state index < -0.39 is 0 Å². The summed E-state index contributed by atoms with van der Waals surface area (Å²) in [6.45, 7) is 8.45. The Labute approximate surface area is 153 Å². The van der Waals surface area contributed by atoms with Crippen molar-refractivity contribution < 1.29 is 14.1 Å². The van der Waals surface area contributed by atoms with Gasteiger partial charge in [-0.05, 0) is 40.5 Å². The molecular weight excluding hydrogens is 332 g/mol. The Balaban J connectivity index is 1.57. The molecule has 2 atom stereocenters. The lowest BCUT2D eigenvalue weighted by Crippen LogP contribution is -2.37. The summed E-state index contributed by atoms with van der Waals surface area (Å²) in [5.74, 6) is 1.38. The Morgan fingerprint density at radius 3 is 2.85 bits per heavy atom. The number of carbonyl (C=O) groups is 1. The fourth-order valence-electron chi connectivity index (χ4n) is 3.61. The van der Waals surface area contributed by atoms with Gasteiger partial charge in [0.05, 0.1) is 24.4 Å². The summed E-state index contributed by atoms with van der Waals surface area (Å²) < 4.78 is 11.3. The number of aromatic amines is 1. The Bertz CT molecular complexity index is 806. The molecule has 0 spiro atoms. The summed E-state index contributed by atoms with van der Waals surface area (Å²) in [6, 6.07) is 2.02. The van der Waals surface area contributed by atoms with Crippen LogP contribution in [0.4, 0.5) is 0 Å². The molecule has 0 radical (unpaired) electrons. The van der Waals surface area contributed by atoms with E-state index in [-0.39, 0.29) is 24.2 Å². The van der Waals surface area contributed by atoms with Gasteiger partial charge < -0.3 is 14.2 Å². The molecule has 7 heteroatoms. The third kappa shape index (κ3) is 3.16. The molecular formula is C19H26N4O3. The van der Waals surface area contributed by atoms with Crippen molar-refractivity contribution in [2.45, 2.75) is 77.7 Å². The maximum absolute atomic E-state index is 13.2. The van der Waals surface area contributed by atoms with Crippen LogP contribution < -0.4 is 0 Å². The average Bonchev–Trinajstić information content (AvgIpc) is 3.17. The largest absolute Gasteiger partial charge is 0.369 e. The van der Waals surface area contributed by atoms with Gasteiger partial charge in [-0.2, -0.15) is 5.10 Å². The topological polar surface area (TPSA) is 84.3 Å². The first kappa shape index (κ1) is 17.3. The molecule has 2 aromatic heterocycles. The van der Waals surface area contributed by atoms with Gasteiger partial charge in [0.15, 0.2) is 5.69 Å². The van der Waals surface area contributed by atoms with Crippen LogP contribution in [-0.2, 0) is 17.7 Å². The third-order valence-electron chi connectivity index (χ3n) is 5.21. The number of amides is 1. The fraction of sp³-hybridized carbons (Fsp3) is 0.632. The van der Waals surface area contributed by atoms with Crippen molar-refractivity contribution >= 4 is 5.91 Å². The molecule has 1 aliphatic carbocycles. The molecule has 140 valence electrons. The van der Waals surface area contributed by atoms with E-state index in [9.17, 15) is 4.79 Å². The first-order chi connectivity index (χ1) is 12.4. The van der Waals surface area contributed by atoms with E-state index in [1.54, 1.807) is 4.90 Å². The number of nitrogens with zero attached hydrogens (tertiary/aromatic N) is 3. The standard InChI is InChI=1S/C19H26N4O3/c1-10(2)23(9-14-8-16(26-22-14)13-5-6-13)19(24)18-15-7-11(3)25-12(4)17(15)20-21-18/h8,10-13H,5-7,9H2,1-4H3,(H,20,21)/t11-,12+/m0/s1. The van der Waals surface area contributed by atoms with Crippen LogP contribution >= 0.6 is 0 Å². The van der Waals surface area contributed by atoms with Crippen molar-refractivity contribution in [1.29, 1.82) is 0 Å². The van der Waals surface area contributed by atoms with Crippen LogP contribution in [0.1, 0.15) is 85.8 Å². The van der Waals surface area contributed by atoms with Crippen LogP contribution in [0.15, 0.2) is 10.6 Å². The summed E-state index contributed by atoms with van der Waals surface area (Å²) in [5, 5.41) is 11.5. The van der Waals surface area contributed by atoms with E-state index >= 15 is 0 Å². The van der Waals surface area contributed by atoms with E-state index in [2.05, 4.69) is 15.4 Å². The van der Waals surface area contributed by atoms with E-state index in [1.807, 2.05) is 33.8 Å². The quantitative estimate of drug-likeness (QED) is 0.886. The average molecular weight is 358 g/mol. The molecule has 2 aromatic rings. The summed E-state index contributed by atoms with van der Waals surface area (Å²) >= 11 is 0. The maximum Gasteiger partial charge on any atom is 0.275 e. The Kier molecular flexibility index (Phi) is 4.34. The second kappa shape index (κ2) is 6.54. The summed E-state index contributed by atoms with van der Waals surface area (Å²) in [4.78, 5) is 15.0. The number of fused-ring (bicyclic) bond motifs is 1. The minimum Gasteiger partial charge on any atom is -0.369 e. The third-order valence-corrected chi connectivity index (χ3v) is 5.21. The van der Waals surface area contributed by atoms with Gasteiger partial charge in [0.2, 0.25) is 0 Å². The predicted molar refractivity (Wildman–Crippen MR) is 94.7 cm³/mol. The summed E-state index contributed by atoms with van der Waals surface area (Å²) in [6.07, 6.45) is 3.02. The monoisotopic (exact) mass is 358 g/mol. The number of hydrogen-bond acceptors (Lipinski definition) is 5. The molecule has 3 heterocycles. The maximum atomic E-state index is 13.2. The van der Waals surface area contributed by atoms with Crippen LogP contribution in [0.5, 0.6) is 0 Å². The van der Waals surface area contributed by atoms with E-state index in [1.165, 1.54) is 12.8 Å². The van der Waals surface area contributed by atoms with Crippen LogP contribution in [-0.4, -0.2) is 38.3 Å². The molecule has 4 rings (SSSR count). The number of hydrogen-bond donors (Lipinski definition) is 1. The first-order valence-electron chi connectivity index (χ1n) is 9.43. The highest BCUT2D eigenvalue weighted by molar-refractivity contribution is 5.94. The van der Waals surface area contributed by atoms with Gasteiger partial charge in [0, 0.05) is 30.0 Å². The second-order valence-corrected chi connectivity index (χ2v) is 7.78. The molecule has 1 saturated carbocycles. The van der Waals surface area contributed by atoms with Gasteiger partial charge in [-0.15, -0.1) is 0 Å². The molecule has 26 heavy (non-hydrogen) atoms.